The van der Waals surface area contributed by atoms with E-state index in [0.717, 1.165) is 22.4 Å². The van der Waals surface area contributed by atoms with E-state index < -0.39 is 0 Å². The fourth-order valence-corrected chi connectivity index (χ4v) is 1.42. The summed E-state index contributed by atoms with van der Waals surface area (Å²) >= 11 is 0. The van der Waals surface area contributed by atoms with Crippen molar-refractivity contribution in [2.45, 2.75) is 27.4 Å². The summed E-state index contributed by atoms with van der Waals surface area (Å²) < 4.78 is 0. The fourth-order valence-electron chi connectivity index (χ4n) is 1.42. The van der Waals surface area contributed by atoms with E-state index in [1.807, 2.05) is 26.0 Å². The van der Waals surface area contributed by atoms with Crippen LogP contribution in [-0.4, -0.2) is 11.0 Å². The summed E-state index contributed by atoms with van der Waals surface area (Å²) in [4.78, 5) is 10.9. The molecule has 76 valence electrons. The smallest absolute Gasteiger partial charge is 0.221 e. The zero-order chi connectivity index (χ0) is 10.7. The van der Waals surface area contributed by atoms with Crippen molar-refractivity contribution >= 4 is 11.6 Å². The minimum atomic E-state index is -0.0948. The van der Waals surface area contributed by atoms with E-state index in [4.69, 9.17) is 5.11 Å². The number of carbonyl (C=O) groups excluding carboxylic acids is 1. The average molecular weight is 193 g/mol. The van der Waals surface area contributed by atoms with Crippen LogP contribution in [0, 0.1) is 13.8 Å². The Balaban J connectivity index is 3.15. The van der Waals surface area contributed by atoms with Gasteiger partial charge in [-0.3, -0.25) is 4.79 Å². The molecule has 0 aliphatic carbocycles. The molecule has 0 aliphatic heterocycles. The van der Waals surface area contributed by atoms with Crippen LogP contribution in [-0.2, 0) is 11.4 Å². The highest BCUT2D eigenvalue weighted by atomic mass is 16.3. The van der Waals surface area contributed by atoms with E-state index in [2.05, 4.69) is 5.32 Å². The van der Waals surface area contributed by atoms with Crippen LogP contribution in [0.3, 0.4) is 0 Å². The molecular weight excluding hydrogens is 178 g/mol. The van der Waals surface area contributed by atoms with E-state index in [1.165, 1.54) is 6.92 Å². The Morgan fingerprint density at radius 2 is 2.07 bits per heavy atom. The highest BCUT2D eigenvalue weighted by molar-refractivity contribution is 5.89. The summed E-state index contributed by atoms with van der Waals surface area (Å²) in [6.45, 7) is 5.29. The molecule has 0 radical (unpaired) electrons. The van der Waals surface area contributed by atoms with Crippen molar-refractivity contribution in [1.29, 1.82) is 0 Å². The largest absolute Gasteiger partial charge is 0.392 e. The van der Waals surface area contributed by atoms with E-state index in [1.54, 1.807) is 0 Å². The SMILES string of the molecule is CC(=O)Nc1cc(C)cc(CO)c1C. The maximum Gasteiger partial charge on any atom is 0.221 e. The topological polar surface area (TPSA) is 49.3 Å². The number of rotatable bonds is 2. The van der Waals surface area contributed by atoms with Gasteiger partial charge in [-0.25, -0.2) is 0 Å². The van der Waals surface area contributed by atoms with Crippen LogP contribution >= 0.6 is 0 Å². The van der Waals surface area contributed by atoms with Crippen molar-refractivity contribution in [2.24, 2.45) is 0 Å². The van der Waals surface area contributed by atoms with Crippen LogP contribution in [0.15, 0.2) is 12.1 Å². The molecule has 0 spiro atoms. The average Bonchev–Trinajstić information content (AvgIpc) is 2.09. The van der Waals surface area contributed by atoms with Gasteiger partial charge in [0.25, 0.3) is 0 Å². The first-order valence-corrected chi connectivity index (χ1v) is 4.53. The highest BCUT2D eigenvalue weighted by Crippen LogP contribution is 2.21. The zero-order valence-electron chi connectivity index (χ0n) is 8.72. The van der Waals surface area contributed by atoms with Crippen LogP contribution in [0.4, 0.5) is 5.69 Å². The number of hydrogen-bond acceptors (Lipinski definition) is 2. The third-order valence-electron chi connectivity index (χ3n) is 2.14. The van der Waals surface area contributed by atoms with Crippen molar-refractivity contribution < 1.29 is 9.90 Å². The molecule has 0 heterocycles. The maximum atomic E-state index is 10.9. The Bertz CT molecular complexity index is 359. The lowest BCUT2D eigenvalue weighted by Gasteiger charge is -2.11. The van der Waals surface area contributed by atoms with Gasteiger partial charge in [0.2, 0.25) is 5.91 Å². The molecule has 0 bridgehead atoms. The summed E-state index contributed by atoms with van der Waals surface area (Å²) in [5.41, 5.74) is 3.59. The van der Waals surface area contributed by atoms with Crippen molar-refractivity contribution in [3.05, 3.63) is 28.8 Å². The van der Waals surface area contributed by atoms with Gasteiger partial charge in [-0.2, -0.15) is 0 Å². The number of hydrogen-bond donors (Lipinski definition) is 2. The molecule has 0 aromatic heterocycles. The predicted molar refractivity (Wildman–Crippen MR) is 56.1 cm³/mol. The predicted octanol–water partition coefficient (Wildman–Crippen LogP) is 1.75. The van der Waals surface area contributed by atoms with Gasteiger partial charge < -0.3 is 10.4 Å². The van der Waals surface area contributed by atoms with Crippen LogP contribution in [0.25, 0.3) is 0 Å². The molecular formula is C11H15NO2. The third-order valence-corrected chi connectivity index (χ3v) is 2.14. The molecule has 1 rings (SSSR count). The van der Waals surface area contributed by atoms with Crippen molar-refractivity contribution in [2.75, 3.05) is 5.32 Å². The summed E-state index contributed by atoms with van der Waals surface area (Å²) in [5, 5.41) is 11.8. The Morgan fingerprint density at radius 1 is 1.43 bits per heavy atom. The van der Waals surface area contributed by atoms with Gasteiger partial charge in [0.1, 0.15) is 0 Å². The van der Waals surface area contributed by atoms with Gasteiger partial charge in [0.15, 0.2) is 0 Å². The number of aryl methyl sites for hydroxylation is 1. The van der Waals surface area contributed by atoms with E-state index in [0.29, 0.717) is 0 Å². The zero-order valence-corrected chi connectivity index (χ0v) is 8.72. The molecule has 0 atom stereocenters. The van der Waals surface area contributed by atoms with Crippen molar-refractivity contribution in [3.8, 4) is 0 Å². The Kier molecular flexibility index (Phi) is 3.25. The van der Waals surface area contributed by atoms with E-state index in [-0.39, 0.29) is 12.5 Å². The minimum absolute atomic E-state index is 0.0000973. The van der Waals surface area contributed by atoms with Crippen LogP contribution < -0.4 is 5.32 Å². The van der Waals surface area contributed by atoms with Crippen molar-refractivity contribution in [3.63, 3.8) is 0 Å². The van der Waals surface area contributed by atoms with Crippen molar-refractivity contribution in [1.82, 2.24) is 0 Å². The number of aliphatic hydroxyl groups is 1. The van der Waals surface area contributed by atoms with Gasteiger partial charge in [-0.1, -0.05) is 6.07 Å². The first kappa shape index (κ1) is 10.7. The van der Waals surface area contributed by atoms with Crippen LogP contribution in [0.5, 0.6) is 0 Å². The van der Waals surface area contributed by atoms with Gasteiger partial charge in [0, 0.05) is 12.6 Å². The number of nitrogens with one attached hydrogen (secondary N) is 1. The van der Waals surface area contributed by atoms with Gasteiger partial charge >= 0.3 is 0 Å². The molecule has 1 aromatic rings. The monoisotopic (exact) mass is 193 g/mol. The van der Waals surface area contributed by atoms with E-state index in [9.17, 15) is 4.79 Å². The molecule has 1 aromatic carbocycles. The van der Waals surface area contributed by atoms with Gasteiger partial charge in [0.05, 0.1) is 6.61 Å². The highest BCUT2D eigenvalue weighted by Gasteiger charge is 2.05. The molecule has 1 amide bonds. The molecule has 14 heavy (non-hydrogen) atoms. The lowest BCUT2D eigenvalue weighted by Crippen LogP contribution is -2.08. The quantitative estimate of drug-likeness (QED) is 0.751. The summed E-state index contributed by atoms with van der Waals surface area (Å²) in [7, 11) is 0. The fraction of sp³-hybridized carbons (Fsp3) is 0.364. The number of aliphatic hydroxyl groups excluding tert-OH is 1. The molecule has 0 unspecified atom stereocenters. The molecule has 0 saturated heterocycles. The maximum absolute atomic E-state index is 10.9. The number of anilines is 1. The van der Waals surface area contributed by atoms with Crippen LogP contribution in [0.1, 0.15) is 23.6 Å². The lowest BCUT2D eigenvalue weighted by molar-refractivity contribution is -0.114. The number of carbonyl (C=O) groups is 1. The first-order valence-electron chi connectivity index (χ1n) is 4.53. The Morgan fingerprint density at radius 3 is 2.57 bits per heavy atom. The number of amides is 1. The molecule has 2 N–H and O–H groups in total. The number of benzene rings is 1. The van der Waals surface area contributed by atoms with Gasteiger partial charge in [-0.05, 0) is 36.6 Å². The molecule has 0 fully saturated rings. The Hall–Kier alpha value is -1.35. The standard InChI is InChI=1S/C11H15NO2/c1-7-4-10(6-13)8(2)11(5-7)12-9(3)14/h4-5,13H,6H2,1-3H3,(H,12,14). The molecule has 0 saturated carbocycles. The third kappa shape index (κ3) is 2.33. The summed E-state index contributed by atoms with van der Waals surface area (Å²) in [5.74, 6) is -0.0948. The normalized spacial score (nSPS) is 10.0. The summed E-state index contributed by atoms with van der Waals surface area (Å²) in [6.07, 6.45) is 0. The second-order valence-electron chi connectivity index (χ2n) is 3.44. The van der Waals surface area contributed by atoms with Crippen LogP contribution in [0.2, 0.25) is 0 Å². The van der Waals surface area contributed by atoms with Gasteiger partial charge in [-0.15, -0.1) is 0 Å². The summed E-state index contributed by atoms with van der Waals surface area (Å²) in [6, 6.07) is 3.82. The first-order chi connectivity index (χ1) is 6.54. The minimum Gasteiger partial charge on any atom is -0.392 e. The van der Waals surface area contributed by atoms with E-state index >= 15 is 0 Å². The molecule has 3 heteroatoms. The molecule has 3 nitrogen and oxygen atoms in total. The molecule has 0 aliphatic rings. The second kappa shape index (κ2) is 4.24. The Labute approximate surface area is 83.8 Å². The second-order valence-corrected chi connectivity index (χ2v) is 3.44. The lowest BCUT2D eigenvalue weighted by atomic mass is 10.0.